The van der Waals surface area contributed by atoms with Crippen molar-refractivity contribution in [2.45, 2.75) is 38.4 Å². The number of aromatic nitrogens is 1. The molecule has 2 heterocycles. The Hall–Kier alpha value is -0.780. The van der Waals surface area contributed by atoms with E-state index >= 15 is 0 Å². The van der Waals surface area contributed by atoms with E-state index < -0.39 is 12.2 Å². The Morgan fingerprint density at radius 1 is 1.33 bits per heavy atom. The van der Waals surface area contributed by atoms with Gasteiger partial charge >= 0.3 is 6.18 Å². The van der Waals surface area contributed by atoms with Crippen molar-refractivity contribution in [2.75, 3.05) is 11.4 Å². The fourth-order valence-electron chi connectivity index (χ4n) is 2.24. The average molecular weight is 323 g/mol. The number of hydrogen-bond donors (Lipinski definition) is 0. The van der Waals surface area contributed by atoms with Gasteiger partial charge in [-0.05, 0) is 54.2 Å². The molecule has 0 bridgehead atoms. The molecule has 2 rings (SSSR count). The molecule has 0 aliphatic carbocycles. The van der Waals surface area contributed by atoms with Gasteiger partial charge < -0.3 is 4.90 Å². The summed E-state index contributed by atoms with van der Waals surface area (Å²) in [6.07, 6.45) is -2.64. The van der Waals surface area contributed by atoms with E-state index in [-0.39, 0.29) is 6.42 Å². The number of alkyl halides is 3. The lowest BCUT2D eigenvalue weighted by molar-refractivity contribution is -0.152. The van der Waals surface area contributed by atoms with E-state index in [1.54, 1.807) is 19.1 Å². The zero-order chi connectivity index (χ0) is 13.3. The third kappa shape index (κ3) is 2.79. The van der Waals surface area contributed by atoms with Gasteiger partial charge in [0.1, 0.15) is 11.9 Å². The zero-order valence-electron chi connectivity index (χ0n) is 9.97. The van der Waals surface area contributed by atoms with Gasteiger partial charge in [0.2, 0.25) is 0 Å². The van der Waals surface area contributed by atoms with Gasteiger partial charge in [-0.2, -0.15) is 13.2 Å². The minimum Gasteiger partial charge on any atom is -0.345 e. The fraction of sp³-hybridized carbons (Fsp3) is 0.583. The van der Waals surface area contributed by atoms with Gasteiger partial charge in [0.25, 0.3) is 0 Å². The van der Waals surface area contributed by atoms with Crippen molar-refractivity contribution >= 4 is 21.7 Å². The van der Waals surface area contributed by atoms with E-state index in [0.29, 0.717) is 24.5 Å². The summed E-state index contributed by atoms with van der Waals surface area (Å²) in [7, 11) is 0. The lowest BCUT2D eigenvalue weighted by atomic mass is 10.0. The number of aryl methyl sites for hydroxylation is 1. The molecule has 1 aliphatic rings. The second-order valence-corrected chi connectivity index (χ2v) is 5.34. The van der Waals surface area contributed by atoms with Crippen molar-refractivity contribution in [3.05, 3.63) is 22.3 Å². The molecular weight excluding hydrogens is 309 g/mol. The SMILES string of the molecule is Cc1nc(N2CCCCC2C(F)(F)F)ccc1Br. The number of hydrogen-bond acceptors (Lipinski definition) is 2. The summed E-state index contributed by atoms with van der Waals surface area (Å²) in [5.74, 6) is 0.415. The van der Waals surface area contributed by atoms with Gasteiger partial charge in [-0.1, -0.05) is 0 Å². The van der Waals surface area contributed by atoms with Crippen LogP contribution in [0, 0.1) is 6.92 Å². The Kier molecular flexibility index (Phi) is 3.84. The summed E-state index contributed by atoms with van der Waals surface area (Å²) >= 11 is 3.30. The normalized spacial score (nSPS) is 21.2. The predicted molar refractivity (Wildman–Crippen MR) is 67.7 cm³/mol. The molecule has 0 radical (unpaired) electrons. The highest BCUT2D eigenvalue weighted by Crippen LogP contribution is 2.34. The van der Waals surface area contributed by atoms with Crippen LogP contribution in [-0.2, 0) is 0 Å². The Balaban J connectivity index is 2.31. The van der Waals surface area contributed by atoms with E-state index in [2.05, 4.69) is 20.9 Å². The van der Waals surface area contributed by atoms with Crippen molar-refractivity contribution in [3.8, 4) is 0 Å². The number of pyridine rings is 1. The quantitative estimate of drug-likeness (QED) is 0.774. The van der Waals surface area contributed by atoms with Crippen LogP contribution >= 0.6 is 15.9 Å². The second kappa shape index (κ2) is 5.07. The van der Waals surface area contributed by atoms with Crippen LogP contribution < -0.4 is 4.90 Å². The maximum atomic E-state index is 13.0. The molecule has 100 valence electrons. The van der Waals surface area contributed by atoms with E-state index in [1.165, 1.54) is 4.90 Å². The summed E-state index contributed by atoms with van der Waals surface area (Å²) in [6.45, 7) is 2.19. The first kappa shape index (κ1) is 13.6. The van der Waals surface area contributed by atoms with Crippen LogP contribution in [0.3, 0.4) is 0 Å². The molecule has 2 nitrogen and oxygen atoms in total. The van der Waals surface area contributed by atoms with Gasteiger partial charge in [-0.3, -0.25) is 0 Å². The molecule has 6 heteroatoms. The Labute approximate surface area is 112 Å². The fourth-order valence-corrected chi connectivity index (χ4v) is 2.46. The molecule has 0 saturated carbocycles. The molecule has 0 spiro atoms. The van der Waals surface area contributed by atoms with Gasteiger partial charge in [-0.25, -0.2) is 4.98 Å². The van der Waals surface area contributed by atoms with Gasteiger partial charge in [0.15, 0.2) is 0 Å². The van der Waals surface area contributed by atoms with Crippen LogP contribution in [0.2, 0.25) is 0 Å². The van der Waals surface area contributed by atoms with Gasteiger partial charge in [0, 0.05) is 11.0 Å². The molecule has 1 aliphatic heterocycles. The highest BCUT2D eigenvalue weighted by Gasteiger charge is 2.44. The van der Waals surface area contributed by atoms with E-state index in [4.69, 9.17) is 0 Å². The molecule has 0 amide bonds. The number of anilines is 1. The Morgan fingerprint density at radius 3 is 2.67 bits per heavy atom. The monoisotopic (exact) mass is 322 g/mol. The number of rotatable bonds is 1. The predicted octanol–water partition coefficient (Wildman–Crippen LogP) is 4.07. The molecule has 18 heavy (non-hydrogen) atoms. The first-order valence-electron chi connectivity index (χ1n) is 5.86. The summed E-state index contributed by atoms with van der Waals surface area (Å²) < 4.78 is 39.7. The zero-order valence-corrected chi connectivity index (χ0v) is 11.6. The van der Waals surface area contributed by atoms with Crippen LogP contribution in [0.1, 0.15) is 25.0 Å². The topological polar surface area (TPSA) is 16.1 Å². The molecule has 0 N–H and O–H groups in total. The Morgan fingerprint density at radius 2 is 2.06 bits per heavy atom. The van der Waals surface area contributed by atoms with Crippen molar-refractivity contribution in [1.82, 2.24) is 4.98 Å². The van der Waals surface area contributed by atoms with E-state index in [1.807, 2.05) is 0 Å². The van der Waals surface area contributed by atoms with E-state index in [9.17, 15) is 13.2 Å². The number of nitrogens with zero attached hydrogens (tertiary/aromatic N) is 2. The summed E-state index contributed by atoms with van der Waals surface area (Å²) in [4.78, 5) is 5.62. The van der Waals surface area contributed by atoms with Crippen LogP contribution in [-0.4, -0.2) is 23.7 Å². The average Bonchev–Trinajstić information content (AvgIpc) is 2.32. The highest BCUT2D eigenvalue weighted by molar-refractivity contribution is 9.10. The highest BCUT2D eigenvalue weighted by atomic mass is 79.9. The van der Waals surface area contributed by atoms with Crippen LogP contribution in [0.5, 0.6) is 0 Å². The molecule has 1 unspecified atom stereocenters. The first-order chi connectivity index (χ1) is 8.39. The maximum Gasteiger partial charge on any atom is 0.408 e. The molecule has 1 saturated heterocycles. The van der Waals surface area contributed by atoms with Crippen LogP contribution in [0.15, 0.2) is 16.6 Å². The van der Waals surface area contributed by atoms with Gasteiger partial charge in [-0.15, -0.1) is 0 Å². The lowest BCUT2D eigenvalue weighted by Gasteiger charge is -2.37. The molecule has 1 fully saturated rings. The summed E-state index contributed by atoms with van der Waals surface area (Å²) in [5.41, 5.74) is 0.707. The van der Waals surface area contributed by atoms with E-state index in [0.717, 1.165) is 10.9 Å². The molecule has 0 aromatic carbocycles. The minimum absolute atomic E-state index is 0.153. The number of halogens is 4. The molecule has 1 atom stereocenters. The summed E-state index contributed by atoms with van der Waals surface area (Å²) in [5, 5.41) is 0. The smallest absolute Gasteiger partial charge is 0.345 e. The standard InChI is InChI=1S/C12H14BrF3N2/c1-8-9(13)5-6-11(17-8)18-7-3-2-4-10(18)12(14,15)16/h5-6,10H,2-4,7H2,1H3. The lowest BCUT2D eigenvalue weighted by Crippen LogP contribution is -2.49. The van der Waals surface area contributed by atoms with Crippen LogP contribution in [0.25, 0.3) is 0 Å². The molecular formula is C12H14BrF3N2. The minimum atomic E-state index is -4.19. The van der Waals surface area contributed by atoms with Crippen molar-refractivity contribution in [1.29, 1.82) is 0 Å². The van der Waals surface area contributed by atoms with Gasteiger partial charge in [0.05, 0.1) is 5.69 Å². The third-order valence-electron chi connectivity index (χ3n) is 3.18. The van der Waals surface area contributed by atoms with Crippen molar-refractivity contribution in [3.63, 3.8) is 0 Å². The second-order valence-electron chi connectivity index (χ2n) is 4.48. The summed E-state index contributed by atoms with van der Waals surface area (Å²) in [6, 6.07) is 1.99. The van der Waals surface area contributed by atoms with Crippen LogP contribution in [0.4, 0.5) is 19.0 Å². The largest absolute Gasteiger partial charge is 0.408 e. The molecule has 1 aromatic rings. The maximum absolute atomic E-state index is 13.0. The van der Waals surface area contributed by atoms with Crippen molar-refractivity contribution < 1.29 is 13.2 Å². The number of piperidine rings is 1. The third-order valence-corrected chi connectivity index (χ3v) is 4.02. The van der Waals surface area contributed by atoms with Crippen molar-refractivity contribution in [2.24, 2.45) is 0 Å². The first-order valence-corrected chi connectivity index (χ1v) is 6.65. The molecule has 1 aromatic heterocycles. The Bertz CT molecular complexity index is 434.